The van der Waals surface area contributed by atoms with Crippen LogP contribution in [0.3, 0.4) is 0 Å². The summed E-state index contributed by atoms with van der Waals surface area (Å²) in [6.45, 7) is 0.526. The Bertz CT molecular complexity index is 676. The second-order valence-electron chi connectivity index (χ2n) is 4.31. The SMILES string of the molecule is COc1ccc(Br)c(CNc2ccc(Cl)c(C(=O)O)c2)c1. The third-order valence-electron chi connectivity index (χ3n) is 2.93. The lowest BCUT2D eigenvalue weighted by Gasteiger charge is -2.11. The fourth-order valence-corrected chi connectivity index (χ4v) is 2.40. The van der Waals surface area contributed by atoms with Gasteiger partial charge in [0, 0.05) is 16.7 Å². The van der Waals surface area contributed by atoms with Crippen molar-refractivity contribution >= 4 is 39.2 Å². The van der Waals surface area contributed by atoms with Gasteiger partial charge in [-0.15, -0.1) is 0 Å². The highest BCUT2D eigenvalue weighted by molar-refractivity contribution is 9.10. The lowest BCUT2D eigenvalue weighted by molar-refractivity contribution is 0.0697. The highest BCUT2D eigenvalue weighted by Gasteiger charge is 2.09. The number of carboxylic acids is 1. The minimum absolute atomic E-state index is 0.0753. The van der Waals surface area contributed by atoms with Gasteiger partial charge in [0.05, 0.1) is 17.7 Å². The predicted molar refractivity (Wildman–Crippen MR) is 86.4 cm³/mol. The van der Waals surface area contributed by atoms with Crippen LogP contribution in [0.15, 0.2) is 40.9 Å². The van der Waals surface area contributed by atoms with Crippen molar-refractivity contribution in [3.05, 3.63) is 57.0 Å². The van der Waals surface area contributed by atoms with E-state index in [4.69, 9.17) is 21.4 Å². The number of aromatic carboxylic acids is 1. The second kappa shape index (κ2) is 6.83. The largest absolute Gasteiger partial charge is 0.497 e. The Balaban J connectivity index is 2.16. The molecule has 110 valence electrons. The Hall–Kier alpha value is -1.72. The van der Waals surface area contributed by atoms with Gasteiger partial charge in [0.15, 0.2) is 0 Å². The molecule has 2 N–H and O–H groups in total. The molecule has 0 aromatic heterocycles. The van der Waals surface area contributed by atoms with Crippen LogP contribution in [0.1, 0.15) is 15.9 Å². The van der Waals surface area contributed by atoms with Crippen LogP contribution in [-0.4, -0.2) is 18.2 Å². The van der Waals surface area contributed by atoms with Gasteiger partial charge in [-0.1, -0.05) is 27.5 Å². The quantitative estimate of drug-likeness (QED) is 0.818. The van der Waals surface area contributed by atoms with Gasteiger partial charge in [-0.3, -0.25) is 0 Å². The van der Waals surface area contributed by atoms with E-state index in [0.29, 0.717) is 12.2 Å². The molecule has 2 aromatic carbocycles. The molecule has 0 bridgehead atoms. The van der Waals surface area contributed by atoms with Gasteiger partial charge in [-0.25, -0.2) is 4.79 Å². The fourth-order valence-electron chi connectivity index (χ4n) is 1.81. The van der Waals surface area contributed by atoms with Crippen molar-refractivity contribution in [2.75, 3.05) is 12.4 Å². The van der Waals surface area contributed by atoms with Crippen LogP contribution in [0.5, 0.6) is 5.75 Å². The Labute approximate surface area is 135 Å². The number of nitrogens with one attached hydrogen (secondary N) is 1. The van der Waals surface area contributed by atoms with Crippen molar-refractivity contribution < 1.29 is 14.6 Å². The van der Waals surface area contributed by atoms with Crippen LogP contribution < -0.4 is 10.1 Å². The van der Waals surface area contributed by atoms with E-state index in [9.17, 15) is 4.79 Å². The maximum Gasteiger partial charge on any atom is 0.337 e. The molecule has 0 fully saturated rings. The Morgan fingerprint density at radius 3 is 2.76 bits per heavy atom. The monoisotopic (exact) mass is 369 g/mol. The maximum atomic E-state index is 11.0. The van der Waals surface area contributed by atoms with E-state index in [0.717, 1.165) is 15.8 Å². The average molecular weight is 371 g/mol. The molecule has 0 unspecified atom stereocenters. The first-order chi connectivity index (χ1) is 10.0. The zero-order valence-corrected chi connectivity index (χ0v) is 13.5. The first-order valence-electron chi connectivity index (χ1n) is 6.10. The molecular weight excluding hydrogens is 358 g/mol. The molecule has 0 saturated heterocycles. The third-order valence-corrected chi connectivity index (χ3v) is 4.04. The zero-order valence-electron chi connectivity index (χ0n) is 11.2. The molecule has 2 rings (SSSR count). The molecule has 21 heavy (non-hydrogen) atoms. The summed E-state index contributed by atoms with van der Waals surface area (Å²) in [5, 5.41) is 12.4. The molecule has 0 aliphatic heterocycles. The molecule has 0 atom stereocenters. The number of ether oxygens (including phenoxy) is 1. The number of hydrogen-bond donors (Lipinski definition) is 2. The molecule has 4 nitrogen and oxygen atoms in total. The summed E-state index contributed by atoms with van der Waals surface area (Å²) in [5.41, 5.74) is 1.76. The van der Waals surface area contributed by atoms with E-state index in [1.807, 2.05) is 18.2 Å². The molecule has 0 aliphatic carbocycles. The van der Waals surface area contributed by atoms with Crippen LogP contribution >= 0.6 is 27.5 Å². The summed E-state index contributed by atoms with van der Waals surface area (Å²) in [4.78, 5) is 11.0. The van der Waals surface area contributed by atoms with Gasteiger partial charge in [-0.2, -0.15) is 0 Å². The van der Waals surface area contributed by atoms with Gasteiger partial charge < -0.3 is 15.2 Å². The molecular formula is C15H13BrClNO3. The Morgan fingerprint density at radius 1 is 1.33 bits per heavy atom. The Kier molecular flexibility index (Phi) is 5.09. The van der Waals surface area contributed by atoms with E-state index >= 15 is 0 Å². The van der Waals surface area contributed by atoms with Crippen molar-refractivity contribution in [1.29, 1.82) is 0 Å². The van der Waals surface area contributed by atoms with Crippen LogP contribution in [0.25, 0.3) is 0 Å². The molecule has 0 saturated carbocycles. The first kappa shape index (κ1) is 15.7. The minimum atomic E-state index is -1.05. The summed E-state index contributed by atoms with van der Waals surface area (Å²) in [7, 11) is 1.61. The number of methoxy groups -OCH3 is 1. The zero-order chi connectivity index (χ0) is 15.4. The van der Waals surface area contributed by atoms with Crippen molar-refractivity contribution in [1.82, 2.24) is 0 Å². The molecule has 0 aliphatic rings. The van der Waals surface area contributed by atoms with E-state index < -0.39 is 5.97 Å². The molecule has 0 amide bonds. The number of carbonyl (C=O) groups is 1. The number of carboxylic acid groups (broad SMARTS) is 1. The van der Waals surface area contributed by atoms with E-state index in [-0.39, 0.29) is 10.6 Å². The minimum Gasteiger partial charge on any atom is -0.497 e. The summed E-state index contributed by atoms with van der Waals surface area (Å²) < 4.78 is 6.13. The summed E-state index contributed by atoms with van der Waals surface area (Å²) in [5.74, 6) is -0.288. The number of halogens is 2. The number of rotatable bonds is 5. The third kappa shape index (κ3) is 3.89. The van der Waals surface area contributed by atoms with Crippen molar-refractivity contribution in [3.8, 4) is 5.75 Å². The van der Waals surface area contributed by atoms with Crippen molar-refractivity contribution in [2.24, 2.45) is 0 Å². The summed E-state index contributed by atoms with van der Waals surface area (Å²) in [6.07, 6.45) is 0. The maximum absolute atomic E-state index is 11.0. The molecule has 0 radical (unpaired) electrons. The van der Waals surface area contributed by atoms with Crippen molar-refractivity contribution in [2.45, 2.75) is 6.54 Å². The smallest absolute Gasteiger partial charge is 0.337 e. The van der Waals surface area contributed by atoms with E-state index in [1.54, 1.807) is 19.2 Å². The Morgan fingerprint density at radius 2 is 2.10 bits per heavy atom. The second-order valence-corrected chi connectivity index (χ2v) is 5.57. The van der Waals surface area contributed by atoms with Crippen LogP contribution in [0.2, 0.25) is 5.02 Å². The van der Waals surface area contributed by atoms with Gasteiger partial charge in [-0.05, 0) is 42.0 Å². The highest BCUT2D eigenvalue weighted by Crippen LogP contribution is 2.25. The van der Waals surface area contributed by atoms with Gasteiger partial charge in [0.25, 0.3) is 0 Å². The standard InChI is InChI=1S/C15H13BrClNO3/c1-21-11-3-4-13(16)9(6-11)8-18-10-2-5-14(17)12(7-10)15(19)20/h2-7,18H,8H2,1H3,(H,19,20). The highest BCUT2D eigenvalue weighted by atomic mass is 79.9. The first-order valence-corrected chi connectivity index (χ1v) is 7.27. The average Bonchev–Trinajstić information content (AvgIpc) is 2.47. The van der Waals surface area contributed by atoms with E-state index in [1.165, 1.54) is 6.07 Å². The number of benzene rings is 2. The fraction of sp³-hybridized carbons (Fsp3) is 0.133. The summed E-state index contributed by atoms with van der Waals surface area (Å²) >= 11 is 9.31. The molecule has 0 spiro atoms. The van der Waals surface area contributed by atoms with Gasteiger partial charge in [0.1, 0.15) is 5.75 Å². The number of anilines is 1. The number of hydrogen-bond acceptors (Lipinski definition) is 3. The lowest BCUT2D eigenvalue weighted by atomic mass is 10.1. The van der Waals surface area contributed by atoms with Crippen molar-refractivity contribution in [3.63, 3.8) is 0 Å². The lowest BCUT2D eigenvalue weighted by Crippen LogP contribution is -2.03. The van der Waals surface area contributed by atoms with Crippen LogP contribution in [0, 0.1) is 0 Å². The summed E-state index contributed by atoms with van der Waals surface area (Å²) in [6, 6.07) is 10.5. The molecule has 2 aromatic rings. The molecule has 0 heterocycles. The van der Waals surface area contributed by atoms with Crippen LogP contribution in [0.4, 0.5) is 5.69 Å². The predicted octanol–water partition coefficient (Wildman–Crippen LogP) is 4.42. The van der Waals surface area contributed by atoms with Crippen LogP contribution in [-0.2, 0) is 6.54 Å². The van der Waals surface area contributed by atoms with Gasteiger partial charge in [0.2, 0.25) is 0 Å². The topological polar surface area (TPSA) is 58.6 Å². The van der Waals surface area contributed by atoms with Gasteiger partial charge >= 0.3 is 5.97 Å². The van der Waals surface area contributed by atoms with E-state index in [2.05, 4.69) is 21.2 Å². The molecule has 6 heteroatoms. The normalized spacial score (nSPS) is 10.2.